The number of carboxylic acid groups (broad SMARTS) is 1. The number of carboxylic acids is 1. The lowest BCUT2D eigenvalue weighted by atomic mass is 10.1. The van der Waals surface area contributed by atoms with Crippen LogP contribution in [0.2, 0.25) is 0 Å². The fraction of sp³-hybridized carbons (Fsp3) is 0.571. The molecule has 0 fully saturated rings. The molecule has 0 spiro atoms. The smallest absolute Gasteiger partial charge is 0.303 e. The Hall–Kier alpha value is -0.790. The second-order valence-electron chi connectivity index (χ2n) is 2.20. The summed E-state index contributed by atoms with van der Waals surface area (Å²) in [5, 5.41) is 8.20. The summed E-state index contributed by atoms with van der Waals surface area (Å²) in [5.74, 6) is -0.726. The van der Waals surface area contributed by atoms with Crippen molar-refractivity contribution in [3.05, 3.63) is 12.2 Å². The molecule has 0 saturated heterocycles. The van der Waals surface area contributed by atoms with E-state index in [1.54, 1.807) is 0 Å². The maximum Gasteiger partial charge on any atom is 0.303 e. The van der Waals surface area contributed by atoms with Crippen molar-refractivity contribution in [2.75, 3.05) is 0 Å². The molecule has 0 rings (SSSR count). The molecule has 0 radical (unpaired) electrons. The third-order valence-electron chi connectivity index (χ3n) is 0.994. The van der Waals surface area contributed by atoms with Gasteiger partial charge in [-0.3, -0.25) is 4.79 Å². The molecule has 0 atom stereocenters. The second-order valence-corrected chi connectivity index (χ2v) is 2.20. The van der Waals surface area contributed by atoms with Crippen LogP contribution in [-0.4, -0.2) is 11.1 Å². The topological polar surface area (TPSA) is 37.3 Å². The molecule has 0 amide bonds. The molecular weight excluding hydrogens is 116 g/mol. The minimum Gasteiger partial charge on any atom is -0.481 e. The van der Waals surface area contributed by atoms with E-state index in [9.17, 15) is 4.79 Å². The first kappa shape index (κ1) is 8.21. The molecule has 0 bridgehead atoms. The number of rotatable bonds is 4. The van der Waals surface area contributed by atoms with E-state index in [1.807, 2.05) is 6.92 Å². The predicted molar refractivity (Wildman–Crippen MR) is 36.3 cm³/mol. The van der Waals surface area contributed by atoms with Gasteiger partial charge in [0.05, 0.1) is 0 Å². The summed E-state index contributed by atoms with van der Waals surface area (Å²) in [6.07, 6.45) is 1.80. The standard InChI is InChI=1S/C7H12O2/c1-6(2)4-3-5-7(8)9/h1,3-5H2,2H3,(H,8,9). The number of aliphatic carboxylic acids is 1. The fourth-order valence-electron chi connectivity index (χ4n) is 0.541. The zero-order valence-corrected chi connectivity index (χ0v) is 5.68. The third-order valence-corrected chi connectivity index (χ3v) is 0.994. The third kappa shape index (κ3) is 7.21. The Morgan fingerprint density at radius 2 is 2.11 bits per heavy atom. The molecular formula is C7H12O2. The van der Waals surface area contributed by atoms with Crippen molar-refractivity contribution in [1.29, 1.82) is 0 Å². The number of hydrogen-bond donors (Lipinski definition) is 1. The Morgan fingerprint density at radius 3 is 2.44 bits per heavy atom. The van der Waals surface area contributed by atoms with Gasteiger partial charge in [0, 0.05) is 6.42 Å². The molecule has 2 heteroatoms. The molecule has 0 aliphatic rings. The molecule has 0 saturated carbocycles. The molecule has 0 aliphatic heterocycles. The molecule has 2 nitrogen and oxygen atoms in total. The van der Waals surface area contributed by atoms with Gasteiger partial charge in [-0.2, -0.15) is 0 Å². The number of allylic oxidation sites excluding steroid dienone is 1. The highest BCUT2D eigenvalue weighted by molar-refractivity contribution is 5.66. The molecule has 9 heavy (non-hydrogen) atoms. The van der Waals surface area contributed by atoms with Crippen molar-refractivity contribution in [3.63, 3.8) is 0 Å². The van der Waals surface area contributed by atoms with Crippen LogP contribution in [-0.2, 0) is 4.79 Å². The van der Waals surface area contributed by atoms with Crippen LogP contribution in [0.3, 0.4) is 0 Å². The zero-order valence-electron chi connectivity index (χ0n) is 5.68. The monoisotopic (exact) mass is 128 g/mol. The molecule has 0 aliphatic carbocycles. The summed E-state index contributed by atoms with van der Waals surface area (Å²) in [6.45, 7) is 5.56. The zero-order chi connectivity index (χ0) is 7.28. The molecule has 0 unspecified atom stereocenters. The van der Waals surface area contributed by atoms with Crippen LogP contribution < -0.4 is 0 Å². The van der Waals surface area contributed by atoms with Crippen LogP contribution in [0, 0.1) is 0 Å². The second kappa shape index (κ2) is 4.13. The fourth-order valence-corrected chi connectivity index (χ4v) is 0.541. The summed E-state index contributed by atoms with van der Waals surface area (Å²) >= 11 is 0. The van der Waals surface area contributed by atoms with Crippen molar-refractivity contribution in [2.45, 2.75) is 26.2 Å². The summed E-state index contributed by atoms with van der Waals surface area (Å²) in [4.78, 5) is 9.95. The highest BCUT2D eigenvalue weighted by Crippen LogP contribution is 2.02. The van der Waals surface area contributed by atoms with Gasteiger partial charge < -0.3 is 5.11 Å². The first-order valence-electron chi connectivity index (χ1n) is 2.99. The maximum atomic E-state index is 9.95. The predicted octanol–water partition coefficient (Wildman–Crippen LogP) is 1.82. The van der Waals surface area contributed by atoms with Crippen molar-refractivity contribution in [1.82, 2.24) is 0 Å². The average Bonchev–Trinajstić information content (AvgIpc) is 1.63. The molecule has 0 aromatic carbocycles. The van der Waals surface area contributed by atoms with Crippen LogP contribution in [0.4, 0.5) is 0 Å². The van der Waals surface area contributed by atoms with Crippen LogP contribution >= 0.6 is 0 Å². The minimum absolute atomic E-state index is 0.257. The Labute approximate surface area is 55.2 Å². The summed E-state index contributed by atoms with van der Waals surface area (Å²) in [6, 6.07) is 0. The van der Waals surface area contributed by atoms with Crippen molar-refractivity contribution in [3.8, 4) is 0 Å². The van der Waals surface area contributed by atoms with Crippen LogP contribution in [0.1, 0.15) is 26.2 Å². The Bertz CT molecular complexity index is 102. The van der Waals surface area contributed by atoms with Gasteiger partial charge >= 0.3 is 5.97 Å². The van der Waals surface area contributed by atoms with Gasteiger partial charge in [-0.25, -0.2) is 0 Å². The summed E-state index contributed by atoms with van der Waals surface area (Å²) in [5.41, 5.74) is 1.05. The number of hydrogen-bond acceptors (Lipinski definition) is 1. The van der Waals surface area contributed by atoms with Crippen LogP contribution in [0.15, 0.2) is 12.2 Å². The summed E-state index contributed by atoms with van der Waals surface area (Å²) in [7, 11) is 0. The van der Waals surface area contributed by atoms with E-state index in [0.717, 1.165) is 12.0 Å². The van der Waals surface area contributed by atoms with E-state index in [-0.39, 0.29) is 6.42 Å². The van der Waals surface area contributed by atoms with Gasteiger partial charge in [0.25, 0.3) is 0 Å². The van der Waals surface area contributed by atoms with Crippen molar-refractivity contribution in [2.24, 2.45) is 0 Å². The van der Waals surface area contributed by atoms with Gasteiger partial charge in [-0.05, 0) is 19.8 Å². The Kier molecular flexibility index (Phi) is 3.76. The molecule has 1 N–H and O–H groups in total. The first-order valence-corrected chi connectivity index (χ1v) is 2.99. The number of carbonyl (C=O) groups is 1. The Morgan fingerprint density at radius 1 is 1.56 bits per heavy atom. The SMILES string of the molecule is C=C(C)CCCC(=O)O. The van der Waals surface area contributed by atoms with Gasteiger partial charge in [0.2, 0.25) is 0 Å². The average molecular weight is 128 g/mol. The summed E-state index contributed by atoms with van der Waals surface area (Å²) < 4.78 is 0. The Balaban J connectivity index is 3.10. The van der Waals surface area contributed by atoms with E-state index in [2.05, 4.69) is 6.58 Å². The van der Waals surface area contributed by atoms with Gasteiger partial charge in [0.15, 0.2) is 0 Å². The lowest BCUT2D eigenvalue weighted by molar-refractivity contribution is -0.137. The normalized spacial score (nSPS) is 9.00. The molecule has 0 aromatic rings. The van der Waals surface area contributed by atoms with Crippen LogP contribution in [0.25, 0.3) is 0 Å². The maximum absolute atomic E-state index is 9.95. The van der Waals surface area contributed by atoms with Gasteiger partial charge in [0.1, 0.15) is 0 Å². The quantitative estimate of drug-likeness (QED) is 0.586. The molecule has 0 heterocycles. The van der Waals surface area contributed by atoms with Gasteiger partial charge in [-0.1, -0.05) is 5.57 Å². The highest BCUT2D eigenvalue weighted by atomic mass is 16.4. The lowest BCUT2D eigenvalue weighted by Gasteiger charge is -1.93. The van der Waals surface area contributed by atoms with E-state index >= 15 is 0 Å². The van der Waals surface area contributed by atoms with Crippen molar-refractivity contribution < 1.29 is 9.90 Å². The van der Waals surface area contributed by atoms with E-state index in [0.29, 0.717) is 6.42 Å². The molecule has 52 valence electrons. The van der Waals surface area contributed by atoms with Crippen molar-refractivity contribution >= 4 is 5.97 Å². The lowest BCUT2D eigenvalue weighted by Crippen LogP contribution is -1.93. The molecule has 0 aromatic heterocycles. The highest BCUT2D eigenvalue weighted by Gasteiger charge is 1.94. The van der Waals surface area contributed by atoms with Gasteiger partial charge in [-0.15, -0.1) is 6.58 Å². The van der Waals surface area contributed by atoms with E-state index < -0.39 is 5.97 Å². The van der Waals surface area contributed by atoms with E-state index in [1.165, 1.54) is 0 Å². The largest absolute Gasteiger partial charge is 0.481 e. The minimum atomic E-state index is -0.726. The first-order chi connectivity index (χ1) is 4.13. The van der Waals surface area contributed by atoms with Crippen LogP contribution in [0.5, 0.6) is 0 Å². The van der Waals surface area contributed by atoms with E-state index in [4.69, 9.17) is 5.11 Å².